The summed E-state index contributed by atoms with van der Waals surface area (Å²) in [5.41, 5.74) is 2.99. The Labute approximate surface area is 225 Å². The summed E-state index contributed by atoms with van der Waals surface area (Å²) in [4.78, 5) is 41.8. The zero-order valence-electron chi connectivity index (χ0n) is 22.3. The Bertz CT molecular complexity index is 1200. The van der Waals surface area contributed by atoms with Gasteiger partial charge in [0, 0.05) is 82.4 Å². The number of pyridine rings is 1. The second-order valence-corrected chi connectivity index (χ2v) is 10.5. The molecule has 5 rings (SSSR count). The number of fused-ring (bicyclic) bond motifs is 3. The van der Waals surface area contributed by atoms with Gasteiger partial charge in [0.05, 0.1) is 12.0 Å². The summed E-state index contributed by atoms with van der Waals surface area (Å²) < 4.78 is 2.01. The summed E-state index contributed by atoms with van der Waals surface area (Å²) in [7, 11) is 0. The minimum atomic E-state index is 0.0403. The Morgan fingerprint density at radius 3 is 2.63 bits per heavy atom. The lowest BCUT2D eigenvalue weighted by molar-refractivity contribution is -0.133. The predicted molar refractivity (Wildman–Crippen MR) is 147 cm³/mol. The Hall–Kier alpha value is -3.52. The SMILES string of the molecule is CC(=O)N1CCC2CCCC(CN(C(=O)CCCn3ccnc3)Cc3ccccc31)N2Cc1ccccn1. The minimum Gasteiger partial charge on any atom is -0.337 e. The normalized spacial score (nSPS) is 20.4. The van der Waals surface area contributed by atoms with Crippen LogP contribution in [0.2, 0.25) is 0 Å². The molecule has 0 N–H and O–H groups in total. The molecule has 3 aromatic rings. The molecule has 2 unspecified atom stereocenters. The van der Waals surface area contributed by atoms with Gasteiger partial charge in [0.2, 0.25) is 11.8 Å². The molecule has 1 saturated heterocycles. The Morgan fingerprint density at radius 1 is 1.00 bits per heavy atom. The van der Waals surface area contributed by atoms with Crippen LogP contribution in [-0.4, -0.2) is 61.3 Å². The van der Waals surface area contributed by atoms with E-state index in [9.17, 15) is 9.59 Å². The summed E-state index contributed by atoms with van der Waals surface area (Å²) in [5.74, 6) is 0.201. The van der Waals surface area contributed by atoms with Crippen molar-refractivity contribution in [2.75, 3.05) is 18.0 Å². The molecule has 200 valence electrons. The van der Waals surface area contributed by atoms with E-state index in [1.807, 2.05) is 57.1 Å². The number of hydrogen-bond acceptors (Lipinski definition) is 5. The highest BCUT2D eigenvalue weighted by Crippen LogP contribution is 2.31. The van der Waals surface area contributed by atoms with E-state index in [1.165, 1.54) is 0 Å². The molecule has 8 nitrogen and oxygen atoms in total. The van der Waals surface area contributed by atoms with E-state index in [0.29, 0.717) is 32.1 Å². The number of rotatable bonds is 6. The van der Waals surface area contributed by atoms with Crippen LogP contribution in [-0.2, 0) is 29.2 Å². The van der Waals surface area contributed by atoms with Gasteiger partial charge < -0.3 is 14.4 Å². The van der Waals surface area contributed by atoms with Gasteiger partial charge in [-0.3, -0.25) is 19.5 Å². The number of anilines is 1. The number of aromatic nitrogens is 3. The lowest BCUT2D eigenvalue weighted by Crippen LogP contribution is -2.52. The van der Waals surface area contributed by atoms with Gasteiger partial charge in [0.1, 0.15) is 0 Å². The van der Waals surface area contributed by atoms with Crippen molar-refractivity contribution in [2.45, 2.75) is 77.2 Å². The number of aryl methyl sites for hydroxylation is 1. The molecule has 2 atom stereocenters. The van der Waals surface area contributed by atoms with Crippen LogP contribution in [0.3, 0.4) is 0 Å². The fraction of sp³-hybridized carbons (Fsp3) is 0.467. The van der Waals surface area contributed by atoms with Gasteiger partial charge in [0.15, 0.2) is 0 Å². The first kappa shape index (κ1) is 26.1. The van der Waals surface area contributed by atoms with E-state index in [2.05, 4.69) is 27.0 Å². The van der Waals surface area contributed by atoms with Gasteiger partial charge >= 0.3 is 0 Å². The van der Waals surface area contributed by atoms with Crippen LogP contribution in [0.1, 0.15) is 56.7 Å². The maximum Gasteiger partial charge on any atom is 0.223 e. The van der Waals surface area contributed by atoms with Gasteiger partial charge in [-0.15, -0.1) is 0 Å². The van der Waals surface area contributed by atoms with E-state index in [0.717, 1.165) is 62.1 Å². The Morgan fingerprint density at radius 2 is 1.84 bits per heavy atom. The quantitative estimate of drug-likeness (QED) is 0.491. The van der Waals surface area contributed by atoms with E-state index in [1.54, 1.807) is 19.4 Å². The molecule has 0 spiro atoms. The molecule has 4 heterocycles. The van der Waals surface area contributed by atoms with Crippen molar-refractivity contribution in [3.8, 4) is 0 Å². The summed E-state index contributed by atoms with van der Waals surface area (Å²) in [6, 6.07) is 14.7. The van der Waals surface area contributed by atoms with Crippen molar-refractivity contribution in [3.05, 3.63) is 78.6 Å². The predicted octanol–water partition coefficient (Wildman–Crippen LogP) is 4.27. The third-order valence-corrected chi connectivity index (χ3v) is 7.94. The molecule has 2 bridgehead atoms. The number of carbonyl (C=O) groups is 2. The van der Waals surface area contributed by atoms with Crippen molar-refractivity contribution in [1.82, 2.24) is 24.3 Å². The molecule has 0 saturated carbocycles. The second kappa shape index (κ2) is 12.3. The van der Waals surface area contributed by atoms with E-state index in [4.69, 9.17) is 0 Å². The van der Waals surface area contributed by atoms with Crippen molar-refractivity contribution in [1.29, 1.82) is 0 Å². The number of imidazole rings is 1. The molecule has 38 heavy (non-hydrogen) atoms. The molecule has 0 radical (unpaired) electrons. The van der Waals surface area contributed by atoms with Gasteiger partial charge in [-0.25, -0.2) is 4.98 Å². The molecule has 1 aromatic carbocycles. The van der Waals surface area contributed by atoms with Crippen LogP contribution < -0.4 is 4.90 Å². The average molecular weight is 515 g/mol. The van der Waals surface area contributed by atoms with E-state index >= 15 is 0 Å². The van der Waals surface area contributed by atoms with Crippen LogP contribution in [0.25, 0.3) is 0 Å². The summed E-state index contributed by atoms with van der Waals surface area (Å²) in [5, 5.41) is 0. The molecule has 2 aliphatic heterocycles. The van der Waals surface area contributed by atoms with Gasteiger partial charge in [-0.2, -0.15) is 0 Å². The smallest absolute Gasteiger partial charge is 0.223 e. The van der Waals surface area contributed by atoms with Crippen LogP contribution >= 0.6 is 0 Å². The van der Waals surface area contributed by atoms with Crippen LogP contribution in [0.5, 0.6) is 0 Å². The highest BCUT2D eigenvalue weighted by Gasteiger charge is 2.34. The maximum absolute atomic E-state index is 13.7. The largest absolute Gasteiger partial charge is 0.337 e. The lowest BCUT2D eigenvalue weighted by Gasteiger charge is -2.44. The lowest BCUT2D eigenvalue weighted by atomic mass is 9.92. The van der Waals surface area contributed by atoms with E-state index < -0.39 is 0 Å². The third-order valence-electron chi connectivity index (χ3n) is 7.94. The van der Waals surface area contributed by atoms with Crippen molar-refractivity contribution in [2.24, 2.45) is 0 Å². The molecule has 2 aliphatic rings. The van der Waals surface area contributed by atoms with Crippen LogP contribution in [0, 0.1) is 0 Å². The number of hydrogen-bond donors (Lipinski definition) is 0. The molecular formula is C30H38N6O2. The molecule has 1 fully saturated rings. The van der Waals surface area contributed by atoms with Crippen molar-refractivity contribution in [3.63, 3.8) is 0 Å². The first-order valence-electron chi connectivity index (χ1n) is 13.8. The molecule has 2 amide bonds. The first-order valence-corrected chi connectivity index (χ1v) is 13.8. The summed E-state index contributed by atoms with van der Waals surface area (Å²) in [6.07, 6.45) is 12.8. The zero-order chi connectivity index (χ0) is 26.3. The standard InChI is InChI=1S/C30H38N6O2/c1-24(37)35-18-14-27-10-6-11-28(36(27)21-26-9-4-5-15-32-26)22-34(20-25-8-2-3-12-29(25)35)30(38)13-7-17-33-19-16-31-23-33/h2-5,8-9,12,15-16,19,23,27-28H,6-7,10-11,13-14,17-18,20-22H2,1H3. The highest BCUT2D eigenvalue weighted by atomic mass is 16.2. The minimum absolute atomic E-state index is 0.0403. The maximum atomic E-state index is 13.7. The highest BCUT2D eigenvalue weighted by molar-refractivity contribution is 5.92. The van der Waals surface area contributed by atoms with Crippen LogP contribution in [0.4, 0.5) is 5.69 Å². The number of amides is 2. The second-order valence-electron chi connectivity index (χ2n) is 10.5. The van der Waals surface area contributed by atoms with Gasteiger partial charge in [-0.1, -0.05) is 30.7 Å². The number of piperidine rings is 1. The monoisotopic (exact) mass is 514 g/mol. The van der Waals surface area contributed by atoms with Gasteiger partial charge in [0.25, 0.3) is 0 Å². The first-order chi connectivity index (χ1) is 18.6. The summed E-state index contributed by atoms with van der Waals surface area (Å²) >= 11 is 0. The molecular weight excluding hydrogens is 476 g/mol. The van der Waals surface area contributed by atoms with Crippen LogP contribution in [0.15, 0.2) is 67.4 Å². The Balaban J connectivity index is 1.44. The fourth-order valence-electron chi connectivity index (χ4n) is 6.00. The Kier molecular flexibility index (Phi) is 8.48. The number of carbonyl (C=O) groups excluding carboxylic acids is 2. The zero-order valence-corrected chi connectivity index (χ0v) is 22.3. The van der Waals surface area contributed by atoms with Crippen molar-refractivity contribution < 1.29 is 9.59 Å². The average Bonchev–Trinajstić information content (AvgIpc) is 3.44. The summed E-state index contributed by atoms with van der Waals surface area (Å²) in [6.45, 7) is 5.02. The topological polar surface area (TPSA) is 74.6 Å². The van der Waals surface area contributed by atoms with Crippen molar-refractivity contribution >= 4 is 17.5 Å². The molecule has 2 aromatic heterocycles. The molecule has 8 heteroatoms. The number of benzene rings is 1. The number of nitrogens with zero attached hydrogens (tertiary/aromatic N) is 6. The third kappa shape index (κ3) is 6.30. The number of para-hydroxylation sites is 1. The van der Waals surface area contributed by atoms with Gasteiger partial charge in [-0.05, 0) is 49.4 Å². The molecule has 0 aliphatic carbocycles. The fourth-order valence-corrected chi connectivity index (χ4v) is 6.00. The van der Waals surface area contributed by atoms with E-state index in [-0.39, 0.29) is 17.9 Å².